The minimum atomic E-state index is 0. The van der Waals surface area contributed by atoms with Crippen LogP contribution in [0.25, 0.3) is 5.41 Å². The van der Waals surface area contributed by atoms with Crippen LogP contribution in [0.2, 0.25) is 0 Å². The Kier molecular flexibility index (Phi) is 82.6. The molecular formula is C6H6N2Y7-2. The van der Waals surface area contributed by atoms with Gasteiger partial charge >= 0.3 is 0 Å². The van der Waals surface area contributed by atoms with Gasteiger partial charge in [-0.25, -0.2) is 6.20 Å². The second-order valence-electron chi connectivity index (χ2n) is 1.55. The number of aromatic nitrogens is 1. The third-order valence-corrected chi connectivity index (χ3v) is 0.894. The van der Waals surface area contributed by atoms with Crippen LogP contribution in [0.1, 0.15) is 6.92 Å². The maximum absolute atomic E-state index is 8.76. The Balaban J connectivity index is -0.0000000183. The fraction of sp³-hybridized carbons (Fsp3) is 0.167. The Hall–Kier alpha value is 6.68. The van der Waals surface area contributed by atoms with Crippen LogP contribution in [0, 0.1) is 6.20 Å². The molecule has 0 bridgehead atoms. The number of hydrogen-bond donors (Lipinski definition) is 0. The van der Waals surface area contributed by atoms with E-state index in [0.717, 1.165) is 0 Å². The molecule has 0 saturated heterocycles. The van der Waals surface area contributed by atoms with Gasteiger partial charge < -0.3 is 9.98 Å². The van der Waals surface area contributed by atoms with Crippen LogP contribution < -0.4 is 0 Å². The Labute approximate surface area is 268 Å². The van der Waals surface area contributed by atoms with Gasteiger partial charge in [0.05, 0.1) is 0 Å². The van der Waals surface area contributed by atoms with Crippen molar-refractivity contribution in [2.45, 2.75) is 6.92 Å². The van der Waals surface area contributed by atoms with E-state index in [2.05, 4.69) is 6.20 Å². The van der Waals surface area contributed by atoms with Gasteiger partial charge in [0.1, 0.15) is 0 Å². The summed E-state index contributed by atoms with van der Waals surface area (Å²) in [5.74, 6) is 0.245. The predicted octanol–water partition coefficient (Wildman–Crippen LogP) is 1.11. The Bertz CT molecular complexity index is 189. The fourth-order valence-electron chi connectivity index (χ4n) is 0.497. The third-order valence-electron chi connectivity index (χ3n) is 0.894. The van der Waals surface area contributed by atoms with Gasteiger partial charge in [0.2, 0.25) is 0 Å². The quantitative estimate of drug-likeness (QED) is 0.218. The molecule has 0 unspecified atom stereocenters. The summed E-state index contributed by atoms with van der Waals surface area (Å²) in [5, 5.41) is 8.76. The predicted molar refractivity (Wildman–Crippen MR) is 32.7 cm³/mol. The summed E-state index contributed by atoms with van der Waals surface area (Å²) >= 11 is 0. The second kappa shape index (κ2) is 28.8. The van der Waals surface area contributed by atoms with Gasteiger partial charge in [0.15, 0.2) is 0 Å². The van der Waals surface area contributed by atoms with Gasteiger partial charge in [-0.05, 0) is 0 Å². The van der Waals surface area contributed by atoms with E-state index in [4.69, 9.17) is 5.41 Å². The minimum absolute atomic E-state index is 0. The molecule has 0 aromatic carbocycles. The van der Waals surface area contributed by atoms with E-state index in [1.165, 1.54) is 4.57 Å². The SMILES string of the molecule is CC(=[N-])n1[c-]ccc1.[Y].[Y].[Y].[Y].[Y].[Y].[Y]. The summed E-state index contributed by atoms with van der Waals surface area (Å²) in [4.78, 5) is 0. The fourth-order valence-corrected chi connectivity index (χ4v) is 0.497. The molecule has 9 heteroatoms. The smallest absolute Gasteiger partial charge is 0 e. The van der Waals surface area contributed by atoms with Crippen molar-refractivity contribution in [2.24, 2.45) is 0 Å². The van der Waals surface area contributed by atoms with E-state index in [0.29, 0.717) is 0 Å². The van der Waals surface area contributed by atoms with Gasteiger partial charge in [0.25, 0.3) is 0 Å². The molecule has 0 N–H and O–H groups in total. The molecule has 1 heterocycles. The van der Waals surface area contributed by atoms with Crippen molar-refractivity contribution in [1.29, 1.82) is 0 Å². The molecule has 0 aliphatic heterocycles. The molecule has 1 rings (SSSR count). The van der Waals surface area contributed by atoms with Crippen LogP contribution in [0.4, 0.5) is 0 Å². The second-order valence-corrected chi connectivity index (χ2v) is 1.55. The molecule has 0 aliphatic rings. The van der Waals surface area contributed by atoms with Crippen LogP contribution in [-0.4, -0.2) is 10.4 Å². The van der Waals surface area contributed by atoms with Gasteiger partial charge in [-0.15, -0.1) is 0 Å². The van der Waals surface area contributed by atoms with Crippen molar-refractivity contribution < 1.29 is 229 Å². The molecule has 0 spiro atoms. The first kappa shape index (κ1) is 43.0. The third kappa shape index (κ3) is 23.1. The van der Waals surface area contributed by atoms with Gasteiger partial charge in [-0.3, -0.25) is 0 Å². The summed E-state index contributed by atoms with van der Waals surface area (Å²) < 4.78 is 1.51. The van der Waals surface area contributed by atoms with E-state index in [-0.39, 0.29) is 235 Å². The van der Waals surface area contributed by atoms with Crippen LogP contribution in [0.3, 0.4) is 0 Å². The van der Waals surface area contributed by atoms with E-state index in [1.807, 2.05) is 0 Å². The van der Waals surface area contributed by atoms with Crippen molar-refractivity contribution in [1.82, 2.24) is 4.57 Å². The zero-order chi connectivity index (χ0) is 5.98. The monoisotopic (exact) mass is 728 g/mol. The molecule has 1 aromatic rings. The summed E-state index contributed by atoms with van der Waals surface area (Å²) in [6, 6.07) is 3.54. The Morgan fingerprint density at radius 3 is 1.53 bits per heavy atom. The van der Waals surface area contributed by atoms with Crippen molar-refractivity contribution in [3.05, 3.63) is 29.9 Å². The maximum atomic E-state index is 8.76. The van der Waals surface area contributed by atoms with Crippen molar-refractivity contribution >= 4 is 5.84 Å². The zero-order valence-corrected chi connectivity index (χ0v) is 28.5. The van der Waals surface area contributed by atoms with E-state index in [9.17, 15) is 0 Å². The Morgan fingerprint density at radius 2 is 1.40 bits per heavy atom. The Morgan fingerprint density at radius 1 is 1.00 bits per heavy atom. The summed E-state index contributed by atoms with van der Waals surface area (Å²) in [6.45, 7) is 1.61. The average molecular weight is 728 g/mol. The first-order valence-corrected chi connectivity index (χ1v) is 2.38. The van der Waals surface area contributed by atoms with Crippen LogP contribution in [0.5, 0.6) is 0 Å². The van der Waals surface area contributed by atoms with Crippen molar-refractivity contribution in [3.8, 4) is 0 Å². The molecule has 0 atom stereocenters. The first-order chi connectivity index (χ1) is 3.80. The molecule has 0 aliphatic carbocycles. The zero-order valence-electron chi connectivity index (χ0n) is 8.67. The van der Waals surface area contributed by atoms with E-state index < -0.39 is 0 Å². The molecule has 63 valence electrons. The summed E-state index contributed by atoms with van der Waals surface area (Å²) in [7, 11) is 0. The molecule has 7 radical (unpaired) electrons. The van der Waals surface area contributed by atoms with Crippen LogP contribution in [0.15, 0.2) is 18.3 Å². The number of hydrogen-bond acceptors (Lipinski definition) is 0. The first-order valence-electron chi connectivity index (χ1n) is 2.38. The molecular weight excluding hydrogens is 722 g/mol. The van der Waals surface area contributed by atoms with Gasteiger partial charge in [0, 0.05) is 229 Å². The van der Waals surface area contributed by atoms with Crippen LogP contribution >= 0.6 is 0 Å². The van der Waals surface area contributed by atoms with Crippen LogP contribution in [-0.2, 0) is 229 Å². The molecule has 0 saturated carbocycles. The molecule has 2 nitrogen and oxygen atoms in total. The van der Waals surface area contributed by atoms with Crippen molar-refractivity contribution in [2.75, 3.05) is 0 Å². The topological polar surface area (TPSA) is 27.2 Å². The summed E-state index contributed by atoms with van der Waals surface area (Å²) in [6.07, 6.45) is 4.50. The molecule has 1 aromatic heterocycles. The van der Waals surface area contributed by atoms with E-state index in [1.54, 1.807) is 25.3 Å². The molecule has 0 amide bonds. The minimum Gasteiger partial charge on any atom is -0.554 e. The largest absolute Gasteiger partial charge is 0.554 e. The van der Waals surface area contributed by atoms with E-state index >= 15 is 0 Å². The summed E-state index contributed by atoms with van der Waals surface area (Å²) in [5.41, 5.74) is 0. The average Bonchev–Trinajstić information content (AvgIpc) is 2.12. The number of nitrogens with zero attached hydrogens (tertiary/aromatic N) is 2. The molecule has 15 heavy (non-hydrogen) atoms. The number of rotatable bonds is 0. The normalized spacial score (nSPS) is 4.87. The standard InChI is InChI=1S/C6H6N2.7Y/c1-6(7)8-4-2-3-5-8;;;;;;;/h2-4H,1H3;;;;;;;/q-2;;;;;;;. The van der Waals surface area contributed by atoms with Gasteiger partial charge in [-0.1, -0.05) is 6.92 Å². The van der Waals surface area contributed by atoms with Crippen molar-refractivity contribution in [3.63, 3.8) is 0 Å². The maximum Gasteiger partial charge on any atom is 0 e. The van der Waals surface area contributed by atoms with Gasteiger partial charge in [-0.2, -0.15) is 24.2 Å². The molecule has 0 fully saturated rings.